The van der Waals surface area contributed by atoms with Gasteiger partial charge < -0.3 is 9.64 Å². The molecule has 0 atom stereocenters. The zero-order valence-electron chi connectivity index (χ0n) is 12.0. The molecule has 2 heterocycles. The quantitative estimate of drug-likeness (QED) is 0.755. The Morgan fingerprint density at radius 2 is 1.83 bits per heavy atom. The van der Waals surface area contributed by atoms with Gasteiger partial charge >= 0.3 is 0 Å². The molecule has 0 bridgehead atoms. The van der Waals surface area contributed by atoms with Crippen molar-refractivity contribution in [2.45, 2.75) is 18.9 Å². The Bertz CT molecular complexity index is 697. The molecule has 1 aliphatic heterocycles. The van der Waals surface area contributed by atoms with Crippen LogP contribution in [0.15, 0.2) is 24.3 Å². The molecule has 0 N–H and O–H groups in total. The molecular formula is C15H13Cl3N2O2S. The largest absolute Gasteiger partial charge is 0.490 e. The second kappa shape index (κ2) is 7.26. The first kappa shape index (κ1) is 16.8. The number of amides is 1. The third-order valence-electron chi connectivity index (χ3n) is 3.65. The molecule has 1 amide bonds. The summed E-state index contributed by atoms with van der Waals surface area (Å²) < 4.78 is 10.3. The molecule has 0 spiro atoms. The Balaban J connectivity index is 1.57. The number of halogens is 3. The van der Waals surface area contributed by atoms with Crippen molar-refractivity contribution in [2.75, 3.05) is 13.1 Å². The van der Waals surface area contributed by atoms with Crippen molar-refractivity contribution in [2.24, 2.45) is 0 Å². The highest BCUT2D eigenvalue weighted by molar-refractivity contribution is 7.11. The maximum absolute atomic E-state index is 12.4. The van der Waals surface area contributed by atoms with Crippen LogP contribution in [0.1, 0.15) is 23.3 Å². The zero-order valence-corrected chi connectivity index (χ0v) is 15.1. The summed E-state index contributed by atoms with van der Waals surface area (Å²) in [4.78, 5) is 14.1. The summed E-state index contributed by atoms with van der Waals surface area (Å²) in [5, 5.41) is 0.915. The van der Waals surface area contributed by atoms with E-state index < -0.39 is 0 Å². The number of nitrogens with zero attached hydrogens (tertiary/aromatic N) is 2. The maximum atomic E-state index is 12.4. The van der Waals surface area contributed by atoms with Crippen LogP contribution in [-0.4, -0.2) is 34.4 Å². The van der Waals surface area contributed by atoms with Gasteiger partial charge in [-0.15, -0.1) is 0 Å². The van der Waals surface area contributed by atoms with Crippen molar-refractivity contribution in [3.63, 3.8) is 0 Å². The molecule has 3 rings (SSSR count). The minimum absolute atomic E-state index is 0.0784. The first-order valence-electron chi connectivity index (χ1n) is 7.07. The molecule has 1 aromatic carbocycles. The molecule has 0 aliphatic carbocycles. The fourth-order valence-electron chi connectivity index (χ4n) is 2.42. The SMILES string of the molecule is O=C(c1nsc(Cl)c1Cl)N1CCC(Oc2ccc(Cl)cc2)CC1. The molecule has 122 valence electrons. The number of aromatic nitrogens is 1. The Morgan fingerprint density at radius 3 is 2.39 bits per heavy atom. The van der Waals surface area contributed by atoms with Crippen LogP contribution in [-0.2, 0) is 0 Å². The molecule has 1 aliphatic rings. The van der Waals surface area contributed by atoms with Gasteiger partial charge in [-0.05, 0) is 35.8 Å². The van der Waals surface area contributed by atoms with E-state index in [0.717, 1.165) is 30.1 Å². The standard InChI is InChI=1S/C15H13Cl3N2O2S/c16-9-1-3-10(4-2-9)22-11-5-7-20(8-6-11)15(21)13-12(17)14(18)23-19-13/h1-4,11H,5-8H2. The Hall–Kier alpha value is -1.01. The summed E-state index contributed by atoms with van der Waals surface area (Å²) in [6.45, 7) is 1.20. The van der Waals surface area contributed by atoms with Crippen LogP contribution in [0, 0.1) is 0 Å². The maximum Gasteiger partial charge on any atom is 0.275 e. The molecular weight excluding hydrogens is 379 g/mol. The lowest BCUT2D eigenvalue weighted by molar-refractivity contribution is 0.0591. The third kappa shape index (κ3) is 3.91. The van der Waals surface area contributed by atoms with Gasteiger partial charge in [0, 0.05) is 31.0 Å². The average Bonchev–Trinajstić information content (AvgIpc) is 2.89. The van der Waals surface area contributed by atoms with Gasteiger partial charge in [0.2, 0.25) is 0 Å². The summed E-state index contributed by atoms with van der Waals surface area (Å²) in [6, 6.07) is 7.28. The number of piperidine rings is 1. The summed E-state index contributed by atoms with van der Waals surface area (Å²) >= 11 is 18.7. The fourth-order valence-corrected chi connectivity index (χ4v) is 3.54. The highest BCUT2D eigenvalue weighted by atomic mass is 35.5. The van der Waals surface area contributed by atoms with Crippen molar-refractivity contribution in [1.82, 2.24) is 9.27 Å². The summed E-state index contributed by atoms with van der Waals surface area (Å²) in [5.74, 6) is 0.608. The van der Waals surface area contributed by atoms with E-state index >= 15 is 0 Å². The lowest BCUT2D eigenvalue weighted by Gasteiger charge is -2.31. The number of ether oxygens (including phenoxy) is 1. The highest BCUT2D eigenvalue weighted by Gasteiger charge is 2.28. The molecule has 0 radical (unpaired) electrons. The summed E-state index contributed by atoms with van der Waals surface area (Å²) in [6.07, 6.45) is 1.59. The highest BCUT2D eigenvalue weighted by Crippen LogP contribution is 2.31. The van der Waals surface area contributed by atoms with Crippen LogP contribution in [0.25, 0.3) is 0 Å². The van der Waals surface area contributed by atoms with Gasteiger partial charge in [-0.25, -0.2) is 0 Å². The minimum atomic E-state index is -0.178. The molecule has 4 nitrogen and oxygen atoms in total. The Labute approximate surface area is 153 Å². The van der Waals surface area contributed by atoms with Crippen molar-refractivity contribution in [1.29, 1.82) is 0 Å². The van der Waals surface area contributed by atoms with Gasteiger partial charge in [-0.1, -0.05) is 34.8 Å². The van der Waals surface area contributed by atoms with Crippen molar-refractivity contribution < 1.29 is 9.53 Å². The predicted molar refractivity (Wildman–Crippen MR) is 93.1 cm³/mol. The topological polar surface area (TPSA) is 42.4 Å². The molecule has 23 heavy (non-hydrogen) atoms. The normalized spacial score (nSPS) is 15.7. The molecule has 1 fully saturated rings. The van der Waals surface area contributed by atoms with Crippen LogP contribution in [0.5, 0.6) is 5.75 Å². The molecule has 0 saturated carbocycles. The smallest absolute Gasteiger partial charge is 0.275 e. The minimum Gasteiger partial charge on any atom is -0.490 e. The fraction of sp³-hybridized carbons (Fsp3) is 0.333. The van der Waals surface area contributed by atoms with E-state index in [4.69, 9.17) is 39.5 Å². The molecule has 1 saturated heterocycles. The zero-order chi connectivity index (χ0) is 16.4. The lowest BCUT2D eigenvalue weighted by atomic mass is 10.1. The number of hydrogen-bond acceptors (Lipinski definition) is 4. The molecule has 1 aromatic heterocycles. The summed E-state index contributed by atoms with van der Waals surface area (Å²) in [5.41, 5.74) is 0.235. The van der Waals surface area contributed by atoms with E-state index in [1.807, 2.05) is 12.1 Å². The lowest BCUT2D eigenvalue weighted by Crippen LogP contribution is -2.42. The van der Waals surface area contributed by atoms with Crippen molar-refractivity contribution in [3.8, 4) is 5.75 Å². The van der Waals surface area contributed by atoms with E-state index in [1.165, 1.54) is 0 Å². The van der Waals surface area contributed by atoms with E-state index in [2.05, 4.69) is 4.37 Å². The first-order valence-corrected chi connectivity index (χ1v) is 8.97. The molecule has 8 heteroatoms. The second-order valence-corrected chi connectivity index (χ2v) is 7.37. The van der Waals surface area contributed by atoms with Gasteiger partial charge in [0.25, 0.3) is 5.91 Å². The van der Waals surface area contributed by atoms with Gasteiger partial charge in [0.05, 0.1) is 0 Å². The monoisotopic (exact) mass is 390 g/mol. The van der Waals surface area contributed by atoms with Gasteiger partial charge in [-0.3, -0.25) is 4.79 Å². The Morgan fingerprint density at radius 1 is 1.17 bits per heavy atom. The molecule has 0 unspecified atom stereocenters. The number of hydrogen-bond donors (Lipinski definition) is 0. The predicted octanol–water partition coefficient (Wildman–Crippen LogP) is 4.79. The number of carbonyl (C=O) groups excluding carboxylic acids is 1. The van der Waals surface area contributed by atoms with Crippen molar-refractivity contribution >= 4 is 52.2 Å². The van der Waals surface area contributed by atoms with Crippen LogP contribution < -0.4 is 4.74 Å². The van der Waals surface area contributed by atoms with Crippen LogP contribution >= 0.6 is 46.3 Å². The van der Waals surface area contributed by atoms with E-state index in [9.17, 15) is 4.79 Å². The van der Waals surface area contributed by atoms with Crippen molar-refractivity contribution in [3.05, 3.63) is 44.3 Å². The van der Waals surface area contributed by atoms with Gasteiger partial charge in [0.15, 0.2) is 5.69 Å². The van der Waals surface area contributed by atoms with Gasteiger partial charge in [-0.2, -0.15) is 4.37 Å². The number of benzene rings is 1. The number of carbonyl (C=O) groups is 1. The van der Waals surface area contributed by atoms with Gasteiger partial charge in [0.1, 0.15) is 21.2 Å². The van der Waals surface area contributed by atoms with Crippen LogP contribution in [0.4, 0.5) is 0 Å². The van der Waals surface area contributed by atoms with E-state index in [0.29, 0.717) is 22.4 Å². The van der Waals surface area contributed by atoms with Crippen LogP contribution in [0.3, 0.4) is 0 Å². The van der Waals surface area contributed by atoms with E-state index in [-0.39, 0.29) is 22.7 Å². The van der Waals surface area contributed by atoms with E-state index in [1.54, 1.807) is 17.0 Å². The first-order chi connectivity index (χ1) is 11.0. The molecule has 2 aromatic rings. The average molecular weight is 392 g/mol. The number of likely N-dealkylation sites (tertiary alicyclic amines) is 1. The third-order valence-corrected chi connectivity index (χ3v) is 5.51. The second-order valence-electron chi connectivity index (χ2n) is 5.18. The van der Waals surface area contributed by atoms with Crippen LogP contribution in [0.2, 0.25) is 14.4 Å². The Kier molecular flexibility index (Phi) is 5.31. The summed E-state index contributed by atoms with van der Waals surface area (Å²) in [7, 11) is 0. The number of rotatable bonds is 3.